The molecule has 3 atom stereocenters. The minimum absolute atomic E-state index is 0.00501. The molecule has 0 aliphatic heterocycles. The number of ether oxygens (including phenoxy) is 2. The van der Waals surface area contributed by atoms with Gasteiger partial charge in [0, 0.05) is 13.5 Å². The molecule has 13 heteroatoms. The smallest absolute Gasteiger partial charge is 0.307 e. The van der Waals surface area contributed by atoms with Crippen molar-refractivity contribution in [3.63, 3.8) is 0 Å². The van der Waals surface area contributed by atoms with E-state index in [9.17, 15) is 29.5 Å². The average Bonchev–Trinajstić information content (AvgIpc) is 3.21. The summed E-state index contributed by atoms with van der Waals surface area (Å²) in [7, 11) is 1.48. The van der Waals surface area contributed by atoms with Crippen molar-refractivity contribution >= 4 is 29.1 Å². The Morgan fingerprint density at radius 2 is 1.70 bits per heavy atom. The van der Waals surface area contributed by atoms with Crippen LogP contribution in [0.1, 0.15) is 51.5 Å². The van der Waals surface area contributed by atoms with Crippen molar-refractivity contribution in [1.82, 2.24) is 21.1 Å². The first-order valence-corrected chi connectivity index (χ1v) is 13.8. The fourth-order valence-corrected chi connectivity index (χ4v) is 4.84. The van der Waals surface area contributed by atoms with Gasteiger partial charge in [0.05, 0.1) is 17.4 Å². The van der Waals surface area contributed by atoms with Crippen LogP contribution in [0.2, 0.25) is 0 Å². The second kappa shape index (κ2) is 14.8. The summed E-state index contributed by atoms with van der Waals surface area (Å²) in [5, 5.41) is 24.4. The van der Waals surface area contributed by atoms with E-state index >= 15 is 0 Å². The Balaban J connectivity index is 2.05. The van der Waals surface area contributed by atoms with Gasteiger partial charge in [0.2, 0.25) is 17.7 Å². The van der Waals surface area contributed by atoms with Gasteiger partial charge in [-0.15, -0.1) is 0 Å². The first-order chi connectivity index (χ1) is 18.8. The van der Waals surface area contributed by atoms with E-state index in [0.717, 1.165) is 16.9 Å². The number of rotatable bonds is 14. The zero-order valence-corrected chi connectivity index (χ0v) is 24.5. The molecule has 0 spiro atoms. The van der Waals surface area contributed by atoms with Crippen LogP contribution in [0.25, 0.3) is 0 Å². The lowest BCUT2D eigenvalue weighted by Gasteiger charge is -2.33. The summed E-state index contributed by atoms with van der Waals surface area (Å²) in [6, 6.07) is 6.18. The molecule has 40 heavy (non-hydrogen) atoms. The maximum absolute atomic E-state index is 13.4. The predicted molar refractivity (Wildman–Crippen MR) is 149 cm³/mol. The third-order valence-corrected chi connectivity index (χ3v) is 6.97. The van der Waals surface area contributed by atoms with Crippen LogP contribution in [-0.2, 0) is 25.5 Å². The number of thiazole rings is 1. The Bertz CT molecular complexity index is 1190. The van der Waals surface area contributed by atoms with Gasteiger partial charge in [-0.1, -0.05) is 58.1 Å². The number of aromatic hydroxyl groups is 1. The van der Waals surface area contributed by atoms with Crippen molar-refractivity contribution in [2.24, 2.45) is 17.3 Å². The molecule has 0 saturated carbocycles. The zero-order chi connectivity index (χ0) is 30.0. The van der Waals surface area contributed by atoms with Crippen molar-refractivity contribution in [2.75, 3.05) is 20.3 Å². The highest BCUT2D eigenvalue weighted by atomic mass is 32.1. The van der Waals surface area contributed by atoms with Gasteiger partial charge >= 0.3 is 4.87 Å². The standard InChI is InChI=1S/C27H40N4O8S/c1-15(2)13-18(22(32)29-21(25(35)28-6)27(3,4)5)20(24(34)31-37)39-12-11-38-17-9-7-16(8-10-17)14-19-23(33)30-26(36)40-19/h7-10,15,18,20-21,33,37H,11-14H2,1-6H3,(H,28,35)(H,29,32)(H,30,36)(H,31,34)/t18?,20?,21-/m1/s1. The second-order valence-corrected chi connectivity index (χ2v) is 11.9. The lowest BCUT2D eigenvalue weighted by molar-refractivity contribution is -0.152. The minimum Gasteiger partial charge on any atom is -0.494 e. The van der Waals surface area contributed by atoms with Crippen molar-refractivity contribution in [3.05, 3.63) is 44.4 Å². The van der Waals surface area contributed by atoms with Gasteiger partial charge in [-0.3, -0.25) is 29.4 Å². The molecule has 6 N–H and O–H groups in total. The summed E-state index contributed by atoms with van der Waals surface area (Å²) < 4.78 is 11.5. The van der Waals surface area contributed by atoms with E-state index in [0.29, 0.717) is 17.0 Å². The molecular weight excluding hydrogens is 540 g/mol. The number of hydrogen-bond acceptors (Lipinski definition) is 9. The maximum Gasteiger partial charge on any atom is 0.307 e. The predicted octanol–water partition coefficient (Wildman–Crippen LogP) is 1.94. The van der Waals surface area contributed by atoms with Gasteiger partial charge in [0.25, 0.3) is 5.91 Å². The van der Waals surface area contributed by atoms with Crippen LogP contribution in [0.5, 0.6) is 11.6 Å². The average molecular weight is 581 g/mol. The molecular formula is C27H40N4O8S. The SMILES string of the molecule is CNC(=O)[C@@H](NC(=O)C(CC(C)C)C(OCCOc1ccc(Cc2sc(=O)[nH]c2O)cc1)C(=O)NO)C(C)(C)C. The third kappa shape index (κ3) is 9.65. The maximum atomic E-state index is 13.4. The van der Waals surface area contributed by atoms with Gasteiger partial charge < -0.3 is 25.2 Å². The molecule has 0 aliphatic carbocycles. The highest BCUT2D eigenvalue weighted by Gasteiger charge is 2.39. The van der Waals surface area contributed by atoms with Crippen LogP contribution in [0.3, 0.4) is 0 Å². The van der Waals surface area contributed by atoms with E-state index < -0.39 is 35.3 Å². The van der Waals surface area contributed by atoms with E-state index in [1.807, 2.05) is 34.6 Å². The largest absolute Gasteiger partial charge is 0.494 e. The normalized spacial score (nSPS) is 13.8. The summed E-state index contributed by atoms with van der Waals surface area (Å²) >= 11 is 0.944. The molecule has 3 amide bonds. The van der Waals surface area contributed by atoms with Crippen molar-refractivity contribution < 1.29 is 34.2 Å². The van der Waals surface area contributed by atoms with Gasteiger partial charge in [0.1, 0.15) is 24.5 Å². The second-order valence-electron chi connectivity index (χ2n) is 10.9. The number of aromatic nitrogens is 1. The number of hydrogen-bond donors (Lipinski definition) is 6. The number of H-pyrrole nitrogens is 1. The lowest BCUT2D eigenvalue weighted by atomic mass is 9.84. The summed E-state index contributed by atoms with van der Waals surface area (Å²) in [6.07, 6.45) is -0.682. The van der Waals surface area contributed by atoms with Crippen LogP contribution in [-0.4, -0.2) is 65.4 Å². The molecule has 2 rings (SSSR count). The Morgan fingerprint density at radius 3 is 2.20 bits per heavy atom. The lowest BCUT2D eigenvalue weighted by Crippen LogP contribution is -2.56. The number of benzene rings is 1. The van der Waals surface area contributed by atoms with E-state index in [-0.39, 0.29) is 42.2 Å². The first kappa shape index (κ1) is 32.8. The molecule has 0 bridgehead atoms. The van der Waals surface area contributed by atoms with E-state index in [2.05, 4.69) is 15.6 Å². The number of aromatic amines is 1. The molecule has 1 aromatic carbocycles. The summed E-state index contributed by atoms with van der Waals surface area (Å²) in [5.74, 6) is -2.38. The molecule has 2 aromatic rings. The molecule has 2 unspecified atom stereocenters. The molecule has 12 nitrogen and oxygen atoms in total. The molecule has 222 valence electrons. The topological polar surface area (TPSA) is 179 Å². The first-order valence-electron chi connectivity index (χ1n) is 13.0. The van der Waals surface area contributed by atoms with Crippen LogP contribution >= 0.6 is 11.3 Å². The summed E-state index contributed by atoms with van der Waals surface area (Å²) in [4.78, 5) is 52.3. The van der Waals surface area contributed by atoms with E-state index in [1.165, 1.54) is 7.05 Å². The van der Waals surface area contributed by atoms with Crippen LogP contribution in [0, 0.1) is 17.3 Å². The third-order valence-electron chi connectivity index (χ3n) is 6.10. The van der Waals surface area contributed by atoms with Gasteiger partial charge in [-0.25, -0.2) is 5.48 Å². The Morgan fingerprint density at radius 1 is 1.05 bits per heavy atom. The van der Waals surface area contributed by atoms with Crippen LogP contribution < -0.4 is 25.7 Å². The monoisotopic (exact) mass is 580 g/mol. The number of hydroxylamine groups is 1. The minimum atomic E-state index is -1.33. The number of carbonyl (C=O) groups is 3. The van der Waals surface area contributed by atoms with Crippen molar-refractivity contribution in [2.45, 2.75) is 59.6 Å². The number of amides is 3. The van der Waals surface area contributed by atoms with Crippen LogP contribution in [0.15, 0.2) is 29.1 Å². The number of nitrogens with one attached hydrogen (secondary N) is 4. The Labute approximate surface area is 237 Å². The van der Waals surface area contributed by atoms with Gasteiger partial charge in [0.15, 0.2) is 0 Å². The quantitative estimate of drug-likeness (QED) is 0.111. The van der Waals surface area contributed by atoms with E-state index in [1.54, 1.807) is 29.7 Å². The summed E-state index contributed by atoms with van der Waals surface area (Å²) in [5.41, 5.74) is 1.84. The van der Waals surface area contributed by atoms with Crippen molar-refractivity contribution in [1.29, 1.82) is 0 Å². The molecule has 0 fully saturated rings. The number of carbonyl (C=O) groups excluding carboxylic acids is 3. The summed E-state index contributed by atoms with van der Waals surface area (Å²) in [6.45, 7) is 9.21. The Kier molecular flexibility index (Phi) is 12.1. The number of likely N-dealkylation sites (N-methyl/N-ethyl adjacent to an activating group) is 1. The molecule has 1 heterocycles. The highest BCUT2D eigenvalue weighted by Crippen LogP contribution is 2.24. The fourth-order valence-electron chi connectivity index (χ4n) is 4.08. The van der Waals surface area contributed by atoms with Crippen LogP contribution in [0.4, 0.5) is 0 Å². The van der Waals surface area contributed by atoms with Gasteiger partial charge in [-0.05, 0) is 35.4 Å². The molecule has 0 aliphatic rings. The van der Waals surface area contributed by atoms with Crippen molar-refractivity contribution in [3.8, 4) is 11.6 Å². The van der Waals surface area contributed by atoms with E-state index in [4.69, 9.17) is 9.47 Å². The fraction of sp³-hybridized carbons (Fsp3) is 0.556. The molecule has 0 radical (unpaired) electrons. The van der Waals surface area contributed by atoms with Gasteiger partial charge in [-0.2, -0.15) is 0 Å². The molecule has 1 aromatic heterocycles. The zero-order valence-electron chi connectivity index (χ0n) is 23.7. The molecule has 0 saturated heterocycles. The Hall–Kier alpha value is -3.42. The highest BCUT2D eigenvalue weighted by molar-refractivity contribution is 7.09.